The van der Waals surface area contributed by atoms with E-state index in [4.69, 9.17) is 5.11 Å². The number of nitrogens with zero attached hydrogens (tertiary/aromatic N) is 3. The van der Waals surface area contributed by atoms with Crippen LogP contribution < -0.4 is 0 Å². The number of rotatable bonds is 6. The van der Waals surface area contributed by atoms with Crippen LogP contribution in [0.15, 0.2) is 36.7 Å². The molecule has 1 aromatic carbocycles. The van der Waals surface area contributed by atoms with E-state index in [1.807, 2.05) is 41.0 Å². The zero-order valence-electron chi connectivity index (χ0n) is 14.9. The summed E-state index contributed by atoms with van der Waals surface area (Å²) in [6.07, 6.45) is 7.50. The Bertz CT molecular complexity index is 685. The summed E-state index contributed by atoms with van der Waals surface area (Å²) in [4.78, 5) is 14.4. The number of likely N-dealkylation sites (tertiary alicyclic amines) is 1. The fourth-order valence-electron chi connectivity index (χ4n) is 3.46. The fourth-order valence-corrected chi connectivity index (χ4v) is 3.46. The van der Waals surface area contributed by atoms with Crippen LogP contribution in [0.4, 0.5) is 0 Å². The van der Waals surface area contributed by atoms with Gasteiger partial charge in [0, 0.05) is 32.3 Å². The van der Waals surface area contributed by atoms with Crippen molar-refractivity contribution in [1.29, 1.82) is 0 Å². The summed E-state index contributed by atoms with van der Waals surface area (Å²) in [5.74, 6) is 0.872. The van der Waals surface area contributed by atoms with Crippen LogP contribution in [0.1, 0.15) is 36.0 Å². The third kappa shape index (κ3) is 4.92. The Kier molecular flexibility index (Phi) is 5.87. The minimum Gasteiger partial charge on any atom is -0.392 e. The second kappa shape index (κ2) is 8.30. The van der Waals surface area contributed by atoms with Gasteiger partial charge in [0.15, 0.2) is 0 Å². The molecule has 25 heavy (non-hydrogen) atoms. The molecule has 0 atom stereocenters. The molecule has 2 aromatic rings. The lowest BCUT2D eigenvalue weighted by Gasteiger charge is -2.32. The van der Waals surface area contributed by atoms with E-state index in [0.717, 1.165) is 43.5 Å². The van der Waals surface area contributed by atoms with E-state index in [-0.39, 0.29) is 12.5 Å². The normalized spacial score (nSPS) is 15.5. The maximum Gasteiger partial charge on any atom is 0.224 e. The van der Waals surface area contributed by atoms with Crippen molar-refractivity contribution in [2.75, 3.05) is 13.1 Å². The summed E-state index contributed by atoms with van der Waals surface area (Å²) in [7, 11) is 0. The first kappa shape index (κ1) is 17.7. The molecular weight excluding hydrogens is 314 g/mol. The number of carbonyl (C=O) groups is 1. The number of piperidine rings is 1. The molecule has 1 aliphatic rings. The largest absolute Gasteiger partial charge is 0.392 e. The summed E-state index contributed by atoms with van der Waals surface area (Å²) in [6, 6.07) is 8.19. The van der Waals surface area contributed by atoms with Gasteiger partial charge < -0.3 is 10.0 Å². The van der Waals surface area contributed by atoms with Crippen molar-refractivity contribution in [1.82, 2.24) is 14.7 Å². The second-order valence-corrected chi connectivity index (χ2v) is 7.03. The molecule has 1 amide bonds. The summed E-state index contributed by atoms with van der Waals surface area (Å²) in [5.41, 5.74) is 3.40. The molecule has 0 unspecified atom stereocenters. The van der Waals surface area contributed by atoms with Crippen LogP contribution in [-0.4, -0.2) is 38.8 Å². The molecule has 3 rings (SSSR count). The lowest BCUT2D eigenvalue weighted by Crippen LogP contribution is -2.39. The van der Waals surface area contributed by atoms with Gasteiger partial charge in [-0.15, -0.1) is 0 Å². The van der Waals surface area contributed by atoms with Crippen molar-refractivity contribution < 1.29 is 9.90 Å². The van der Waals surface area contributed by atoms with E-state index >= 15 is 0 Å². The average molecular weight is 341 g/mol. The maximum atomic E-state index is 12.4. The monoisotopic (exact) mass is 341 g/mol. The Hall–Kier alpha value is -2.14. The Morgan fingerprint density at radius 2 is 1.88 bits per heavy atom. The number of hydrogen-bond donors (Lipinski definition) is 1. The minimum atomic E-state index is 0.0961. The molecule has 0 saturated carbocycles. The Morgan fingerprint density at radius 3 is 2.48 bits per heavy atom. The summed E-state index contributed by atoms with van der Waals surface area (Å²) < 4.78 is 1.84. The van der Waals surface area contributed by atoms with E-state index in [9.17, 15) is 4.79 Å². The summed E-state index contributed by atoms with van der Waals surface area (Å²) in [6.45, 7) is 4.48. The lowest BCUT2D eigenvalue weighted by atomic mass is 9.90. The zero-order valence-corrected chi connectivity index (χ0v) is 14.9. The highest BCUT2D eigenvalue weighted by Gasteiger charge is 2.22. The highest BCUT2D eigenvalue weighted by atomic mass is 16.3. The first-order valence-electron chi connectivity index (χ1n) is 9.09. The van der Waals surface area contributed by atoms with E-state index < -0.39 is 0 Å². The average Bonchev–Trinajstić information content (AvgIpc) is 3.06. The number of aryl methyl sites for hydroxylation is 2. The van der Waals surface area contributed by atoms with Crippen LogP contribution in [0, 0.1) is 12.8 Å². The van der Waals surface area contributed by atoms with Gasteiger partial charge in [-0.3, -0.25) is 9.48 Å². The molecule has 0 bridgehead atoms. The van der Waals surface area contributed by atoms with Crippen LogP contribution in [-0.2, 0) is 24.4 Å². The number of aliphatic hydroxyl groups excluding tert-OH is 1. The standard InChI is InChI=1S/C20H27N3O2/c1-16-13-21-23(14-16)11-8-20(25)22-9-6-18(7-10-22)12-17-2-4-19(15-24)5-3-17/h2-5,13-14,18,24H,6-12,15H2,1H3. The van der Waals surface area contributed by atoms with Crippen LogP contribution in [0.25, 0.3) is 0 Å². The van der Waals surface area contributed by atoms with Crippen LogP contribution in [0.2, 0.25) is 0 Å². The second-order valence-electron chi connectivity index (χ2n) is 7.03. The number of carbonyl (C=O) groups excluding carboxylic acids is 1. The Morgan fingerprint density at radius 1 is 1.20 bits per heavy atom. The number of benzene rings is 1. The van der Waals surface area contributed by atoms with Crippen molar-refractivity contribution in [3.8, 4) is 0 Å². The highest BCUT2D eigenvalue weighted by molar-refractivity contribution is 5.76. The fraction of sp³-hybridized carbons (Fsp3) is 0.500. The number of amides is 1. The molecular formula is C20H27N3O2. The molecule has 1 aromatic heterocycles. The van der Waals surface area contributed by atoms with Crippen molar-refractivity contribution >= 4 is 5.91 Å². The smallest absolute Gasteiger partial charge is 0.224 e. The number of aliphatic hydroxyl groups is 1. The van der Waals surface area contributed by atoms with Crippen molar-refractivity contribution in [3.63, 3.8) is 0 Å². The van der Waals surface area contributed by atoms with E-state index in [1.165, 1.54) is 5.56 Å². The third-order valence-corrected chi connectivity index (χ3v) is 5.01. The molecule has 0 spiro atoms. The van der Waals surface area contributed by atoms with Crippen LogP contribution in [0.5, 0.6) is 0 Å². The predicted octanol–water partition coefficient (Wildman–Crippen LogP) is 2.56. The van der Waals surface area contributed by atoms with Crippen molar-refractivity contribution in [3.05, 3.63) is 53.3 Å². The first-order valence-corrected chi connectivity index (χ1v) is 9.09. The van der Waals surface area contributed by atoms with Gasteiger partial charge in [-0.1, -0.05) is 24.3 Å². The van der Waals surface area contributed by atoms with Gasteiger partial charge in [0.1, 0.15) is 0 Å². The van der Waals surface area contributed by atoms with Gasteiger partial charge in [-0.25, -0.2) is 0 Å². The molecule has 2 heterocycles. The van der Waals surface area contributed by atoms with E-state index in [0.29, 0.717) is 18.9 Å². The highest BCUT2D eigenvalue weighted by Crippen LogP contribution is 2.22. The molecule has 1 fully saturated rings. The van der Waals surface area contributed by atoms with Crippen molar-refractivity contribution in [2.24, 2.45) is 5.92 Å². The van der Waals surface area contributed by atoms with Crippen molar-refractivity contribution in [2.45, 2.75) is 45.8 Å². The van der Waals surface area contributed by atoms with Crippen LogP contribution in [0.3, 0.4) is 0 Å². The third-order valence-electron chi connectivity index (χ3n) is 5.01. The molecule has 5 heteroatoms. The molecule has 1 saturated heterocycles. The van der Waals surface area contributed by atoms with E-state index in [1.54, 1.807) is 0 Å². The molecule has 5 nitrogen and oxygen atoms in total. The van der Waals surface area contributed by atoms with Gasteiger partial charge in [0.2, 0.25) is 5.91 Å². The van der Waals surface area contributed by atoms with E-state index in [2.05, 4.69) is 17.2 Å². The van der Waals surface area contributed by atoms with Gasteiger partial charge >= 0.3 is 0 Å². The first-order chi connectivity index (χ1) is 12.1. The van der Waals surface area contributed by atoms with Gasteiger partial charge in [-0.2, -0.15) is 5.10 Å². The summed E-state index contributed by atoms with van der Waals surface area (Å²) in [5, 5.41) is 13.3. The molecule has 0 aliphatic carbocycles. The maximum absolute atomic E-state index is 12.4. The Labute approximate surface area is 149 Å². The molecule has 0 radical (unpaired) electrons. The van der Waals surface area contributed by atoms with Gasteiger partial charge in [0.25, 0.3) is 0 Å². The quantitative estimate of drug-likeness (QED) is 0.878. The number of aromatic nitrogens is 2. The SMILES string of the molecule is Cc1cnn(CCC(=O)N2CCC(Cc3ccc(CO)cc3)CC2)c1. The predicted molar refractivity (Wildman–Crippen MR) is 97.0 cm³/mol. The molecule has 1 N–H and O–H groups in total. The number of hydrogen-bond acceptors (Lipinski definition) is 3. The van der Waals surface area contributed by atoms with Crippen LogP contribution >= 0.6 is 0 Å². The summed E-state index contributed by atoms with van der Waals surface area (Å²) >= 11 is 0. The molecule has 134 valence electrons. The zero-order chi connectivity index (χ0) is 17.6. The molecule has 1 aliphatic heterocycles. The van der Waals surface area contributed by atoms with Gasteiger partial charge in [0.05, 0.1) is 12.8 Å². The lowest BCUT2D eigenvalue weighted by molar-refractivity contribution is -0.132. The topological polar surface area (TPSA) is 58.4 Å². The Balaban J connectivity index is 1.42. The van der Waals surface area contributed by atoms with Gasteiger partial charge in [-0.05, 0) is 48.8 Å². The minimum absolute atomic E-state index is 0.0961.